The fourth-order valence-corrected chi connectivity index (χ4v) is 3.36. The molecule has 1 fully saturated rings. The molecule has 0 bridgehead atoms. The number of amides is 1. The number of nitrogens with one attached hydrogen (secondary N) is 1. The number of hydrogen-bond acceptors (Lipinski definition) is 4. The molecular formula is C17H24N2O4. The molecule has 0 aromatic heterocycles. The number of carbonyl (C=O) groups is 1. The summed E-state index contributed by atoms with van der Waals surface area (Å²) < 4.78 is 0. The SMILES string of the molecule is Cc1cc([N+](=O)[O-])ccc1C(=O)NC(CCO)C1CCCCC1. The second kappa shape index (κ2) is 8.06. The summed E-state index contributed by atoms with van der Waals surface area (Å²) in [7, 11) is 0. The van der Waals surface area contributed by atoms with Gasteiger partial charge in [0.25, 0.3) is 11.6 Å². The van der Waals surface area contributed by atoms with Crippen molar-refractivity contribution in [1.29, 1.82) is 0 Å². The number of rotatable bonds is 6. The Morgan fingerprint density at radius 3 is 2.65 bits per heavy atom. The number of nitrogens with zero attached hydrogens (tertiary/aromatic N) is 1. The van der Waals surface area contributed by atoms with E-state index in [1.165, 1.54) is 37.5 Å². The molecule has 1 unspecified atom stereocenters. The molecule has 0 radical (unpaired) electrons. The molecular weight excluding hydrogens is 296 g/mol. The van der Waals surface area contributed by atoms with Crippen molar-refractivity contribution in [2.45, 2.75) is 51.5 Å². The van der Waals surface area contributed by atoms with Gasteiger partial charge in [0.2, 0.25) is 0 Å². The number of benzene rings is 1. The van der Waals surface area contributed by atoms with E-state index in [9.17, 15) is 20.0 Å². The van der Waals surface area contributed by atoms with Crippen LogP contribution in [0.15, 0.2) is 18.2 Å². The highest BCUT2D eigenvalue weighted by Gasteiger charge is 2.25. The Hall–Kier alpha value is -1.95. The van der Waals surface area contributed by atoms with Crippen LogP contribution in [0.4, 0.5) is 5.69 Å². The summed E-state index contributed by atoms with van der Waals surface area (Å²) in [6.07, 6.45) is 6.26. The third kappa shape index (κ3) is 4.51. The standard InChI is InChI=1S/C17H24N2O4/c1-12-11-14(19(22)23)7-8-15(12)17(21)18-16(9-10-20)13-5-3-2-4-6-13/h7-8,11,13,16,20H,2-6,9-10H2,1H3,(H,18,21). The van der Waals surface area contributed by atoms with Gasteiger partial charge in [0.05, 0.1) is 4.92 Å². The largest absolute Gasteiger partial charge is 0.396 e. The van der Waals surface area contributed by atoms with Gasteiger partial charge in [0, 0.05) is 30.3 Å². The van der Waals surface area contributed by atoms with Crippen molar-refractivity contribution < 1.29 is 14.8 Å². The summed E-state index contributed by atoms with van der Waals surface area (Å²) in [5, 5.41) is 23.1. The Kier molecular flexibility index (Phi) is 6.10. The highest BCUT2D eigenvalue weighted by Crippen LogP contribution is 2.28. The van der Waals surface area contributed by atoms with E-state index in [-0.39, 0.29) is 24.2 Å². The molecule has 0 aliphatic heterocycles. The third-order valence-electron chi connectivity index (χ3n) is 4.64. The molecule has 0 heterocycles. The van der Waals surface area contributed by atoms with Crippen molar-refractivity contribution in [3.05, 3.63) is 39.4 Å². The van der Waals surface area contributed by atoms with E-state index < -0.39 is 4.92 Å². The first-order valence-corrected chi connectivity index (χ1v) is 8.19. The van der Waals surface area contributed by atoms with E-state index in [1.807, 2.05) is 0 Å². The first kappa shape index (κ1) is 17.4. The van der Waals surface area contributed by atoms with E-state index >= 15 is 0 Å². The Labute approximate surface area is 136 Å². The molecule has 2 rings (SSSR count). The molecule has 23 heavy (non-hydrogen) atoms. The van der Waals surface area contributed by atoms with Crippen LogP contribution in [-0.2, 0) is 0 Å². The monoisotopic (exact) mass is 320 g/mol. The highest BCUT2D eigenvalue weighted by molar-refractivity contribution is 5.96. The lowest BCUT2D eigenvalue weighted by atomic mass is 9.82. The number of non-ortho nitro benzene ring substituents is 1. The average Bonchev–Trinajstić information content (AvgIpc) is 2.55. The average molecular weight is 320 g/mol. The number of nitro groups is 1. The summed E-state index contributed by atoms with van der Waals surface area (Å²) in [4.78, 5) is 22.8. The number of aliphatic hydroxyl groups excluding tert-OH is 1. The lowest BCUT2D eigenvalue weighted by molar-refractivity contribution is -0.384. The van der Waals surface area contributed by atoms with Gasteiger partial charge >= 0.3 is 0 Å². The molecule has 0 spiro atoms. The third-order valence-corrected chi connectivity index (χ3v) is 4.64. The lowest BCUT2D eigenvalue weighted by Crippen LogP contribution is -2.42. The molecule has 1 amide bonds. The van der Waals surface area contributed by atoms with Gasteiger partial charge in [-0.3, -0.25) is 14.9 Å². The highest BCUT2D eigenvalue weighted by atomic mass is 16.6. The van der Waals surface area contributed by atoms with Gasteiger partial charge in [-0.25, -0.2) is 0 Å². The van der Waals surface area contributed by atoms with Gasteiger partial charge < -0.3 is 10.4 Å². The van der Waals surface area contributed by atoms with Crippen molar-refractivity contribution in [3.8, 4) is 0 Å². The van der Waals surface area contributed by atoms with Gasteiger partial charge in [0.15, 0.2) is 0 Å². The van der Waals surface area contributed by atoms with Crippen molar-refractivity contribution in [1.82, 2.24) is 5.32 Å². The molecule has 2 N–H and O–H groups in total. The maximum absolute atomic E-state index is 12.5. The van der Waals surface area contributed by atoms with Crippen LogP contribution < -0.4 is 5.32 Å². The van der Waals surface area contributed by atoms with E-state index in [2.05, 4.69) is 5.32 Å². The summed E-state index contributed by atoms with van der Waals surface area (Å²) in [6.45, 7) is 1.74. The van der Waals surface area contributed by atoms with Crippen LogP contribution in [0.2, 0.25) is 0 Å². The first-order chi connectivity index (χ1) is 11.0. The van der Waals surface area contributed by atoms with Crippen molar-refractivity contribution in [3.63, 3.8) is 0 Å². The molecule has 1 aliphatic carbocycles. The zero-order chi connectivity index (χ0) is 16.8. The van der Waals surface area contributed by atoms with Crippen LogP contribution in [-0.4, -0.2) is 28.6 Å². The molecule has 126 valence electrons. The van der Waals surface area contributed by atoms with Crippen LogP contribution in [0.25, 0.3) is 0 Å². The van der Waals surface area contributed by atoms with E-state index in [0.717, 1.165) is 12.8 Å². The summed E-state index contributed by atoms with van der Waals surface area (Å²) in [5.41, 5.74) is 1.02. The number of nitro benzene ring substituents is 1. The molecule has 1 saturated carbocycles. The number of hydrogen-bond donors (Lipinski definition) is 2. The van der Waals surface area contributed by atoms with Crippen molar-refractivity contribution in [2.24, 2.45) is 5.92 Å². The number of aliphatic hydroxyl groups is 1. The summed E-state index contributed by atoms with van der Waals surface area (Å²) in [5.74, 6) is 0.180. The maximum atomic E-state index is 12.5. The molecule has 1 atom stereocenters. The van der Waals surface area contributed by atoms with E-state index in [0.29, 0.717) is 23.5 Å². The molecule has 1 aliphatic rings. The quantitative estimate of drug-likeness (QED) is 0.622. The predicted molar refractivity (Wildman–Crippen MR) is 87.4 cm³/mol. The van der Waals surface area contributed by atoms with Crippen LogP contribution in [0.3, 0.4) is 0 Å². The normalized spacial score (nSPS) is 16.8. The van der Waals surface area contributed by atoms with Gasteiger partial charge in [0.1, 0.15) is 0 Å². The molecule has 6 nitrogen and oxygen atoms in total. The maximum Gasteiger partial charge on any atom is 0.269 e. The minimum Gasteiger partial charge on any atom is -0.396 e. The van der Waals surface area contributed by atoms with Crippen LogP contribution in [0, 0.1) is 23.0 Å². The molecule has 0 saturated heterocycles. The minimum atomic E-state index is -0.467. The van der Waals surface area contributed by atoms with Gasteiger partial charge in [-0.15, -0.1) is 0 Å². The topological polar surface area (TPSA) is 92.5 Å². The van der Waals surface area contributed by atoms with E-state index in [4.69, 9.17) is 0 Å². The van der Waals surface area contributed by atoms with E-state index in [1.54, 1.807) is 6.92 Å². The predicted octanol–water partition coefficient (Wildman–Crippen LogP) is 2.96. The van der Waals surface area contributed by atoms with Gasteiger partial charge in [-0.2, -0.15) is 0 Å². The molecule has 1 aromatic rings. The summed E-state index contributed by atoms with van der Waals surface area (Å²) in [6, 6.07) is 4.22. The smallest absolute Gasteiger partial charge is 0.269 e. The van der Waals surface area contributed by atoms with Gasteiger partial charge in [-0.05, 0) is 43.7 Å². The zero-order valence-corrected chi connectivity index (χ0v) is 13.5. The summed E-state index contributed by atoms with van der Waals surface area (Å²) >= 11 is 0. The Balaban J connectivity index is 2.10. The zero-order valence-electron chi connectivity index (χ0n) is 13.5. The second-order valence-electron chi connectivity index (χ2n) is 6.25. The van der Waals surface area contributed by atoms with Crippen molar-refractivity contribution in [2.75, 3.05) is 6.61 Å². The van der Waals surface area contributed by atoms with Crippen molar-refractivity contribution >= 4 is 11.6 Å². The Bertz CT molecular complexity index is 568. The fourth-order valence-electron chi connectivity index (χ4n) is 3.36. The molecule has 6 heteroatoms. The Morgan fingerprint density at radius 2 is 2.09 bits per heavy atom. The number of aryl methyl sites for hydroxylation is 1. The first-order valence-electron chi connectivity index (χ1n) is 8.19. The second-order valence-corrected chi connectivity index (χ2v) is 6.25. The van der Waals surface area contributed by atoms with Gasteiger partial charge in [-0.1, -0.05) is 19.3 Å². The van der Waals surface area contributed by atoms with Crippen LogP contribution in [0.5, 0.6) is 0 Å². The van der Waals surface area contributed by atoms with Crippen LogP contribution >= 0.6 is 0 Å². The fraction of sp³-hybridized carbons (Fsp3) is 0.588. The number of carbonyl (C=O) groups excluding carboxylic acids is 1. The lowest BCUT2D eigenvalue weighted by Gasteiger charge is -2.30. The van der Waals surface area contributed by atoms with Crippen LogP contribution in [0.1, 0.15) is 54.4 Å². The minimum absolute atomic E-state index is 0.0155. The Morgan fingerprint density at radius 1 is 1.39 bits per heavy atom. The molecule has 1 aromatic carbocycles.